The fourth-order valence-electron chi connectivity index (χ4n) is 3.37. The number of hydrogen-bond donors (Lipinski definition) is 1. The van der Waals surface area contributed by atoms with E-state index in [2.05, 4.69) is 5.32 Å². The Morgan fingerprint density at radius 1 is 1.25 bits per heavy atom. The molecule has 3 rings (SSSR count). The lowest BCUT2D eigenvalue weighted by atomic mass is 9.95. The van der Waals surface area contributed by atoms with Gasteiger partial charge in [0.1, 0.15) is 5.54 Å². The minimum Gasteiger partial charge on any atom is -0.342 e. The number of nitrogens with one attached hydrogen (secondary N) is 1. The van der Waals surface area contributed by atoms with Crippen molar-refractivity contribution in [1.82, 2.24) is 10.2 Å². The number of carbonyl (C=O) groups excluding carboxylic acids is 2. The molecule has 1 unspecified atom stereocenters. The summed E-state index contributed by atoms with van der Waals surface area (Å²) >= 11 is 0. The molecule has 2 amide bonds. The molecule has 2 aliphatic heterocycles. The first-order valence-electron chi connectivity index (χ1n) is 6.95. The number of nitrogens with zero attached hydrogens (tertiary/aromatic N) is 1. The topological polar surface area (TPSA) is 83.6 Å². The summed E-state index contributed by atoms with van der Waals surface area (Å²) in [5, 5.41) is 4.05. The molecule has 7 heteroatoms. The zero-order valence-corrected chi connectivity index (χ0v) is 12.0. The van der Waals surface area contributed by atoms with Gasteiger partial charge in [0, 0.05) is 18.4 Å². The summed E-state index contributed by atoms with van der Waals surface area (Å²) in [6.45, 7) is 0.289. The molecule has 2 heterocycles. The second-order valence-corrected chi connectivity index (χ2v) is 7.74. The minimum absolute atomic E-state index is 0.0665. The summed E-state index contributed by atoms with van der Waals surface area (Å²) < 4.78 is 23.1. The Morgan fingerprint density at radius 3 is 2.55 bits per heavy atom. The Hall–Kier alpha value is -1.37. The molecule has 110 valence electrons. The zero-order valence-electron chi connectivity index (χ0n) is 11.2. The first-order chi connectivity index (χ1) is 9.42. The lowest BCUT2D eigenvalue weighted by Crippen LogP contribution is -2.57. The molecule has 1 saturated heterocycles. The van der Waals surface area contributed by atoms with E-state index in [1.165, 1.54) is 5.41 Å². The lowest BCUT2D eigenvalue weighted by Gasteiger charge is -2.34. The van der Waals surface area contributed by atoms with Crippen LogP contribution >= 0.6 is 0 Å². The van der Waals surface area contributed by atoms with Gasteiger partial charge in [0.05, 0.1) is 11.8 Å². The van der Waals surface area contributed by atoms with Gasteiger partial charge in [-0.05, 0) is 18.9 Å². The number of sulfone groups is 1. The second-order valence-electron chi connectivity index (χ2n) is 5.81. The van der Waals surface area contributed by atoms with Crippen LogP contribution in [0.2, 0.25) is 0 Å². The molecule has 1 aliphatic carbocycles. The van der Waals surface area contributed by atoms with Crippen molar-refractivity contribution in [3.8, 4) is 0 Å². The molecular weight excluding hydrogens is 280 g/mol. The van der Waals surface area contributed by atoms with E-state index < -0.39 is 21.4 Å². The van der Waals surface area contributed by atoms with Crippen LogP contribution in [0, 0.1) is 0 Å². The van der Waals surface area contributed by atoms with E-state index in [1.807, 2.05) is 0 Å². The highest BCUT2D eigenvalue weighted by atomic mass is 32.2. The summed E-state index contributed by atoms with van der Waals surface area (Å²) in [6, 6.07) is -0.433. The van der Waals surface area contributed by atoms with Crippen LogP contribution in [0.4, 0.5) is 0 Å². The van der Waals surface area contributed by atoms with Crippen molar-refractivity contribution in [3.63, 3.8) is 0 Å². The molecule has 6 nitrogen and oxygen atoms in total. The van der Waals surface area contributed by atoms with Crippen molar-refractivity contribution >= 4 is 21.7 Å². The summed E-state index contributed by atoms with van der Waals surface area (Å²) in [5.74, 6) is -0.302. The smallest absolute Gasteiger partial charge is 0.248 e. The SMILES string of the molecule is O=C1CCN(C2C=CS(=O)(=O)C2)C(=O)C2(CCCC2)N1. The van der Waals surface area contributed by atoms with E-state index in [0.717, 1.165) is 12.8 Å². The molecule has 3 aliphatic rings. The van der Waals surface area contributed by atoms with E-state index in [9.17, 15) is 18.0 Å². The van der Waals surface area contributed by atoms with Crippen LogP contribution < -0.4 is 5.32 Å². The first-order valence-corrected chi connectivity index (χ1v) is 8.66. The van der Waals surface area contributed by atoms with Crippen molar-refractivity contribution in [1.29, 1.82) is 0 Å². The second kappa shape index (κ2) is 4.58. The Morgan fingerprint density at radius 2 is 1.95 bits per heavy atom. The van der Waals surface area contributed by atoms with Crippen molar-refractivity contribution < 1.29 is 18.0 Å². The van der Waals surface area contributed by atoms with Gasteiger partial charge in [-0.15, -0.1) is 0 Å². The predicted molar refractivity (Wildman–Crippen MR) is 72.4 cm³/mol. The highest BCUT2D eigenvalue weighted by Crippen LogP contribution is 2.34. The molecule has 0 radical (unpaired) electrons. The summed E-state index contributed by atoms with van der Waals surface area (Å²) in [7, 11) is -3.21. The van der Waals surface area contributed by atoms with Crippen LogP contribution in [0.15, 0.2) is 11.5 Å². The van der Waals surface area contributed by atoms with Crippen LogP contribution in [0.5, 0.6) is 0 Å². The largest absolute Gasteiger partial charge is 0.342 e. The van der Waals surface area contributed by atoms with Gasteiger partial charge in [-0.2, -0.15) is 0 Å². The Balaban J connectivity index is 1.89. The van der Waals surface area contributed by atoms with Crippen LogP contribution in [0.3, 0.4) is 0 Å². The van der Waals surface area contributed by atoms with Crippen LogP contribution in [-0.2, 0) is 19.4 Å². The fourth-order valence-corrected chi connectivity index (χ4v) is 4.67. The number of rotatable bonds is 1. The quantitative estimate of drug-likeness (QED) is 0.736. The molecule has 20 heavy (non-hydrogen) atoms. The third-order valence-corrected chi connectivity index (χ3v) is 5.78. The number of hydrogen-bond acceptors (Lipinski definition) is 4. The highest BCUT2D eigenvalue weighted by molar-refractivity contribution is 7.94. The maximum atomic E-state index is 12.8. The standard InChI is InChI=1S/C13H18N2O4S/c16-11-3-7-15(10-4-8-20(18,19)9-10)12(17)13(14-11)5-1-2-6-13/h4,8,10H,1-3,5-7,9H2,(H,14,16). The fraction of sp³-hybridized carbons (Fsp3) is 0.692. The molecule has 0 bridgehead atoms. The maximum absolute atomic E-state index is 12.8. The van der Waals surface area contributed by atoms with E-state index in [-0.39, 0.29) is 30.5 Å². The van der Waals surface area contributed by atoms with Crippen LogP contribution in [-0.4, -0.2) is 49.0 Å². The van der Waals surface area contributed by atoms with E-state index in [1.54, 1.807) is 11.0 Å². The Labute approximate surface area is 118 Å². The molecule has 1 saturated carbocycles. The maximum Gasteiger partial charge on any atom is 0.248 e. The number of amides is 2. The van der Waals surface area contributed by atoms with Gasteiger partial charge in [0.15, 0.2) is 9.84 Å². The minimum atomic E-state index is -3.21. The molecule has 0 aromatic heterocycles. The molecular formula is C13H18N2O4S. The van der Waals surface area contributed by atoms with Gasteiger partial charge < -0.3 is 10.2 Å². The van der Waals surface area contributed by atoms with Gasteiger partial charge in [-0.25, -0.2) is 8.42 Å². The molecule has 1 atom stereocenters. The van der Waals surface area contributed by atoms with Gasteiger partial charge in [0.2, 0.25) is 11.8 Å². The lowest BCUT2D eigenvalue weighted by molar-refractivity contribution is -0.139. The monoisotopic (exact) mass is 298 g/mol. The van der Waals surface area contributed by atoms with Crippen molar-refractivity contribution in [2.45, 2.75) is 43.7 Å². The van der Waals surface area contributed by atoms with Crippen LogP contribution in [0.25, 0.3) is 0 Å². The van der Waals surface area contributed by atoms with Gasteiger partial charge in [-0.1, -0.05) is 12.8 Å². The summed E-state index contributed by atoms with van der Waals surface area (Å²) in [5.41, 5.74) is -0.798. The summed E-state index contributed by atoms with van der Waals surface area (Å²) in [6.07, 6.45) is 4.93. The van der Waals surface area contributed by atoms with Gasteiger partial charge >= 0.3 is 0 Å². The average Bonchev–Trinajstić information content (AvgIpc) is 2.94. The highest BCUT2D eigenvalue weighted by Gasteiger charge is 2.48. The van der Waals surface area contributed by atoms with E-state index >= 15 is 0 Å². The van der Waals surface area contributed by atoms with Crippen molar-refractivity contribution in [2.75, 3.05) is 12.3 Å². The average molecular weight is 298 g/mol. The third-order valence-electron chi connectivity index (χ3n) is 4.40. The predicted octanol–water partition coefficient (Wildman–Crippen LogP) is -0.0416. The Kier molecular flexibility index (Phi) is 3.12. The van der Waals surface area contributed by atoms with Crippen molar-refractivity contribution in [2.24, 2.45) is 0 Å². The van der Waals surface area contributed by atoms with E-state index in [0.29, 0.717) is 12.8 Å². The van der Waals surface area contributed by atoms with E-state index in [4.69, 9.17) is 0 Å². The van der Waals surface area contributed by atoms with Crippen molar-refractivity contribution in [3.05, 3.63) is 11.5 Å². The normalized spacial score (nSPS) is 31.6. The Bertz CT molecular complexity index is 575. The number of carbonyl (C=O) groups is 2. The third kappa shape index (κ3) is 2.24. The molecule has 0 aromatic carbocycles. The van der Waals surface area contributed by atoms with Crippen LogP contribution in [0.1, 0.15) is 32.1 Å². The van der Waals surface area contributed by atoms with Gasteiger partial charge in [-0.3, -0.25) is 9.59 Å². The molecule has 1 spiro atoms. The zero-order chi connectivity index (χ0) is 14.4. The molecule has 2 fully saturated rings. The summed E-state index contributed by atoms with van der Waals surface area (Å²) in [4.78, 5) is 26.2. The first kappa shape index (κ1) is 13.6. The molecule has 0 aromatic rings. The molecule has 1 N–H and O–H groups in total. The van der Waals surface area contributed by atoms with Gasteiger partial charge in [0.25, 0.3) is 0 Å².